The van der Waals surface area contributed by atoms with Gasteiger partial charge in [0.1, 0.15) is 11.4 Å². The maximum atomic E-state index is 12.6. The highest BCUT2D eigenvalue weighted by Crippen LogP contribution is 2.21. The average molecular weight is 376 g/mol. The molecule has 4 rings (SSSR count). The molecule has 3 aromatic rings. The number of hydrogen-bond acceptors (Lipinski definition) is 4. The van der Waals surface area contributed by atoms with Crippen molar-refractivity contribution in [3.8, 4) is 17.0 Å². The van der Waals surface area contributed by atoms with Crippen LogP contribution >= 0.6 is 0 Å². The van der Waals surface area contributed by atoms with Gasteiger partial charge in [-0.05, 0) is 42.3 Å². The Bertz CT molecular complexity index is 921. The summed E-state index contributed by atoms with van der Waals surface area (Å²) in [5.41, 5.74) is 3.45. The Hall–Kier alpha value is -3.12. The third-order valence-electron chi connectivity index (χ3n) is 5.06. The van der Waals surface area contributed by atoms with Crippen LogP contribution in [0.15, 0.2) is 60.7 Å². The van der Waals surface area contributed by atoms with E-state index in [0.29, 0.717) is 5.69 Å². The van der Waals surface area contributed by atoms with Gasteiger partial charge in [0.25, 0.3) is 5.91 Å². The summed E-state index contributed by atoms with van der Waals surface area (Å²) in [6, 6.07) is 20.0. The standard InChI is InChI=1S/C22H24N4O2/c1-28-19-9-7-17(8-10-19)20-13-21(25-24-20)22(27)23-18-11-12-26(15-18)14-16-5-3-2-4-6-16/h2-10,13,18H,11-12,14-15H2,1H3,(H,23,27)(H,24,25). The normalized spacial score (nSPS) is 16.8. The van der Waals surface area contributed by atoms with Gasteiger partial charge in [-0.2, -0.15) is 5.10 Å². The molecule has 2 heterocycles. The fourth-order valence-corrected chi connectivity index (χ4v) is 3.55. The molecule has 6 nitrogen and oxygen atoms in total. The zero-order valence-corrected chi connectivity index (χ0v) is 15.9. The van der Waals surface area contributed by atoms with Gasteiger partial charge in [0.05, 0.1) is 12.8 Å². The number of carbonyl (C=O) groups is 1. The quantitative estimate of drug-likeness (QED) is 0.694. The molecular weight excluding hydrogens is 352 g/mol. The fourth-order valence-electron chi connectivity index (χ4n) is 3.55. The van der Waals surface area contributed by atoms with Crippen molar-refractivity contribution in [2.45, 2.75) is 19.0 Å². The lowest BCUT2D eigenvalue weighted by Crippen LogP contribution is -2.37. The number of likely N-dealkylation sites (tertiary alicyclic amines) is 1. The first-order valence-corrected chi connectivity index (χ1v) is 9.48. The molecular formula is C22H24N4O2. The van der Waals surface area contributed by atoms with Crippen molar-refractivity contribution in [1.82, 2.24) is 20.4 Å². The summed E-state index contributed by atoms with van der Waals surface area (Å²) < 4.78 is 5.17. The van der Waals surface area contributed by atoms with Gasteiger partial charge >= 0.3 is 0 Å². The molecule has 6 heteroatoms. The number of ether oxygens (including phenoxy) is 1. The third-order valence-corrected chi connectivity index (χ3v) is 5.06. The molecule has 0 radical (unpaired) electrons. The summed E-state index contributed by atoms with van der Waals surface area (Å²) in [4.78, 5) is 15.0. The minimum Gasteiger partial charge on any atom is -0.497 e. The van der Waals surface area contributed by atoms with Gasteiger partial charge in [0.2, 0.25) is 0 Å². The van der Waals surface area contributed by atoms with Crippen molar-refractivity contribution < 1.29 is 9.53 Å². The van der Waals surface area contributed by atoms with Gasteiger partial charge in [-0.1, -0.05) is 30.3 Å². The maximum absolute atomic E-state index is 12.6. The molecule has 1 aliphatic rings. The lowest BCUT2D eigenvalue weighted by Gasteiger charge is -2.16. The first-order chi connectivity index (χ1) is 13.7. The highest BCUT2D eigenvalue weighted by atomic mass is 16.5. The second-order valence-electron chi connectivity index (χ2n) is 7.08. The zero-order chi connectivity index (χ0) is 19.3. The average Bonchev–Trinajstić information content (AvgIpc) is 3.39. The van der Waals surface area contributed by atoms with E-state index in [1.54, 1.807) is 13.2 Å². The number of aromatic nitrogens is 2. The van der Waals surface area contributed by atoms with E-state index in [1.807, 2.05) is 30.3 Å². The van der Waals surface area contributed by atoms with Crippen molar-refractivity contribution in [3.63, 3.8) is 0 Å². The van der Waals surface area contributed by atoms with Gasteiger partial charge in [-0.3, -0.25) is 14.8 Å². The molecule has 1 aliphatic heterocycles. The summed E-state index contributed by atoms with van der Waals surface area (Å²) in [6.07, 6.45) is 0.956. The molecule has 0 bridgehead atoms. The van der Waals surface area contributed by atoms with E-state index < -0.39 is 0 Å². The second-order valence-corrected chi connectivity index (χ2v) is 7.08. The van der Waals surface area contributed by atoms with Crippen LogP contribution in [0.25, 0.3) is 11.3 Å². The Morgan fingerprint density at radius 1 is 1.21 bits per heavy atom. The van der Waals surface area contributed by atoms with Crippen LogP contribution in [0.2, 0.25) is 0 Å². The molecule has 1 amide bonds. The number of amides is 1. The Labute approximate surface area is 164 Å². The van der Waals surface area contributed by atoms with Crippen LogP contribution in [0.5, 0.6) is 5.75 Å². The summed E-state index contributed by atoms with van der Waals surface area (Å²) in [6.45, 7) is 2.76. The number of hydrogen-bond donors (Lipinski definition) is 2. The Morgan fingerprint density at radius 2 is 2.00 bits per heavy atom. The van der Waals surface area contributed by atoms with Crippen LogP contribution in [0.1, 0.15) is 22.5 Å². The molecule has 0 spiro atoms. The monoisotopic (exact) mass is 376 g/mol. The van der Waals surface area contributed by atoms with Gasteiger partial charge in [0.15, 0.2) is 0 Å². The lowest BCUT2D eigenvalue weighted by molar-refractivity contribution is 0.0932. The molecule has 1 fully saturated rings. The van der Waals surface area contributed by atoms with Crippen molar-refractivity contribution in [2.75, 3.05) is 20.2 Å². The molecule has 2 aromatic carbocycles. The SMILES string of the molecule is COc1ccc(-c2cc(C(=O)NC3CCN(Cc4ccccc4)C3)[nH]n2)cc1. The van der Waals surface area contributed by atoms with Crippen LogP contribution < -0.4 is 10.1 Å². The van der Waals surface area contributed by atoms with E-state index in [4.69, 9.17) is 4.74 Å². The van der Waals surface area contributed by atoms with Gasteiger partial charge in [-0.15, -0.1) is 0 Å². The van der Waals surface area contributed by atoms with Crippen molar-refractivity contribution in [2.24, 2.45) is 0 Å². The van der Waals surface area contributed by atoms with Crippen molar-refractivity contribution >= 4 is 5.91 Å². The van der Waals surface area contributed by atoms with E-state index in [9.17, 15) is 4.79 Å². The summed E-state index contributed by atoms with van der Waals surface area (Å²) in [5.74, 6) is 0.678. The molecule has 28 heavy (non-hydrogen) atoms. The number of methoxy groups -OCH3 is 1. The number of H-pyrrole nitrogens is 1. The smallest absolute Gasteiger partial charge is 0.269 e. The van der Waals surface area contributed by atoms with Gasteiger partial charge < -0.3 is 10.1 Å². The lowest BCUT2D eigenvalue weighted by atomic mass is 10.1. The Kier molecular flexibility index (Phi) is 5.39. The zero-order valence-electron chi connectivity index (χ0n) is 15.9. The highest BCUT2D eigenvalue weighted by Gasteiger charge is 2.24. The number of nitrogens with zero attached hydrogens (tertiary/aromatic N) is 2. The molecule has 2 N–H and O–H groups in total. The summed E-state index contributed by atoms with van der Waals surface area (Å²) in [7, 11) is 1.63. The molecule has 144 valence electrons. The van der Waals surface area contributed by atoms with Crippen LogP contribution in [0.3, 0.4) is 0 Å². The molecule has 1 unspecified atom stereocenters. The minimum absolute atomic E-state index is 0.112. The first-order valence-electron chi connectivity index (χ1n) is 9.48. The predicted octanol–water partition coefficient (Wildman–Crippen LogP) is 3.09. The summed E-state index contributed by atoms with van der Waals surface area (Å²) >= 11 is 0. The van der Waals surface area contributed by atoms with E-state index in [2.05, 4.69) is 44.7 Å². The largest absolute Gasteiger partial charge is 0.497 e. The molecule has 0 saturated carbocycles. The number of carbonyl (C=O) groups excluding carboxylic acids is 1. The van der Waals surface area contributed by atoms with Gasteiger partial charge in [-0.25, -0.2) is 0 Å². The van der Waals surface area contributed by atoms with Crippen LogP contribution in [-0.2, 0) is 6.54 Å². The van der Waals surface area contributed by atoms with E-state index in [-0.39, 0.29) is 11.9 Å². The molecule has 0 aliphatic carbocycles. The molecule has 1 saturated heterocycles. The van der Waals surface area contributed by atoms with E-state index >= 15 is 0 Å². The Morgan fingerprint density at radius 3 is 2.75 bits per heavy atom. The minimum atomic E-state index is -0.112. The van der Waals surface area contributed by atoms with Crippen LogP contribution in [-0.4, -0.2) is 47.2 Å². The number of aromatic amines is 1. The topological polar surface area (TPSA) is 70.2 Å². The fraction of sp³-hybridized carbons (Fsp3) is 0.273. The highest BCUT2D eigenvalue weighted by molar-refractivity contribution is 5.93. The van der Waals surface area contributed by atoms with Crippen LogP contribution in [0, 0.1) is 0 Å². The van der Waals surface area contributed by atoms with E-state index in [1.165, 1.54) is 5.56 Å². The third kappa shape index (κ3) is 4.23. The molecule has 1 atom stereocenters. The number of rotatable bonds is 6. The van der Waals surface area contributed by atoms with Crippen LogP contribution in [0.4, 0.5) is 0 Å². The predicted molar refractivity (Wildman–Crippen MR) is 108 cm³/mol. The van der Waals surface area contributed by atoms with Crippen molar-refractivity contribution in [1.29, 1.82) is 0 Å². The van der Waals surface area contributed by atoms with E-state index in [0.717, 1.165) is 43.1 Å². The second kappa shape index (κ2) is 8.27. The number of nitrogens with one attached hydrogen (secondary N) is 2. The summed E-state index contributed by atoms with van der Waals surface area (Å²) in [5, 5.41) is 10.2. The maximum Gasteiger partial charge on any atom is 0.269 e. The number of benzene rings is 2. The molecule has 1 aromatic heterocycles. The first kappa shape index (κ1) is 18.3. The van der Waals surface area contributed by atoms with Gasteiger partial charge in [0, 0.05) is 31.2 Å². The Balaban J connectivity index is 1.33. The van der Waals surface area contributed by atoms with Crippen molar-refractivity contribution in [3.05, 3.63) is 71.9 Å².